The van der Waals surface area contributed by atoms with E-state index in [2.05, 4.69) is 5.32 Å². The Morgan fingerprint density at radius 2 is 1.66 bits per heavy atom. The zero-order valence-corrected chi connectivity index (χ0v) is 20.9. The van der Waals surface area contributed by atoms with Crippen LogP contribution in [-0.2, 0) is 26.2 Å². The topological polar surface area (TPSA) is 86.8 Å². The summed E-state index contributed by atoms with van der Waals surface area (Å²) < 4.78 is 27.7. The number of fused-ring (bicyclic) bond motifs is 1. The highest BCUT2D eigenvalue weighted by Crippen LogP contribution is 2.22. The number of nitrogens with one attached hydrogen (secondary N) is 1. The normalized spacial score (nSPS) is 17.8. The second kappa shape index (κ2) is 10.6. The summed E-state index contributed by atoms with van der Waals surface area (Å²) in [6.07, 6.45) is 0.646. The molecule has 2 atom stereocenters. The van der Waals surface area contributed by atoms with E-state index in [0.29, 0.717) is 6.42 Å². The van der Waals surface area contributed by atoms with Gasteiger partial charge in [-0.15, -0.1) is 0 Å². The zero-order chi connectivity index (χ0) is 25.0. The first-order chi connectivity index (χ1) is 16.8. The van der Waals surface area contributed by atoms with Gasteiger partial charge in [0.25, 0.3) is 0 Å². The number of amides is 2. The summed E-state index contributed by atoms with van der Waals surface area (Å²) in [5, 5.41) is 5.12. The fourth-order valence-electron chi connectivity index (χ4n) is 4.32. The third-order valence-electron chi connectivity index (χ3n) is 6.62. The van der Waals surface area contributed by atoms with Crippen LogP contribution >= 0.6 is 0 Å². The fraction of sp³-hybridized carbons (Fsp3) is 0.333. The molecule has 1 N–H and O–H groups in total. The molecular weight excluding hydrogens is 462 g/mol. The maximum atomic E-state index is 13.3. The minimum Gasteiger partial charge on any atom is -0.350 e. The minimum atomic E-state index is -3.78. The lowest BCUT2D eigenvalue weighted by atomic mass is 10.0. The molecule has 0 spiro atoms. The Hall–Kier alpha value is -3.23. The molecule has 0 radical (unpaired) electrons. The number of piperazine rings is 1. The van der Waals surface area contributed by atoms with Crippen LogP contribution in [0.25, 0.3) is 10.8 Å². The lowest BCUT2D eigenvalue weighted by Gasteiger charge is -2.40. The van der Waals surface area contributed by atoms with Gasteiger partial charge in [-0.05, 0) is 41.0 Å². The van der Waals surface area contributed by atoms with Gasteiger partial charge in [-0.3, -0.25) is 9.59 Å². The molecule has 1 aliphatic heterocycles. The van der Waals surface area contributed by atoms with Crippen molar-refractivity contribution >= 4 is 32.6 Å². The predicted molar refractivity (Wildman–Crippen MR) is 136 cm³/mol. The molecule has 8 heteroatoms. The number of hydrogen-bond donors (Lipinski definition) is 1. The van der Waals surface area contributed by atoms with Gasteiger partial charge < -0.3 is 10.2 Å². The first-order valence-corrected chi connectivity index (χ1v) is 13.4. The Morgan fingerprint density at radius 3 is 2.37 bits per heavy atom. The Morgan fingerprint density at radius 1 is 0.971 bits per heavy atom. The molecule has 0 saturated carbocycles. The van der Waals surface area contributed by atoms with Crippen molar-refractivity contribution in [2.45, 2.75) is 37.8 Å². The molecular formula is C27H31N3O4S. The molecule has 3 aromatic rings. The van der Waals surface area contributed by atoms with Crippen molar-refractivity contribution in [1.29, 1.82) is 0 Å². The van der Waals surface area contributed by atoms with Gasteiger partial charge >= 0.3 is 0 Å². The van der Waals surface area contributed by atoms with Gasteiger partial charge in [-0.1, -0.05) is 68.4 Å². The second-order valence-electron chi connectivity index (χ2n) is 8.93. The van der Waals surface area contributed by atoms with E-state index in [1.54, 1.807) is 35.2 Å². The van der Waals surface area contributed by atoms with Crippen LogP contribution in [0, 0.1) is 5.92 Å². The predicted octanol–water partition coefficient (Wildman–Crippen LogP) is 3.40. The Kier molecular flexibility index (Phi) is 7.52. The molecule has 0 aliphatic carbocycles. The van der Waals surface area contributed by atoms with Gasteiger partial charge in [0.05, 0.1) is 4.90 Å². The highest BCUT2D eigenvalue weighted by molar-refractivity contribution is 7.89. The van der Waals surface area contributed by atoms with Crippen LogP contribution in [-0.4, -0.2) is 55.1 Å². The van der Waals surface area contributed by atoms with Crippen LogP contribution in [0.1, 0.15) is 25.8 Å². The molecule has 2 unspecified atom stereocenters. The van der Waals surface area contributed by atoms with E-state index in [9.17, 15) is 18.0 Å². The summed E-state index contributed by atoms with van der Waals surface area (Å²) in [5.74, 6) is -0.735. The Labute approximate surface area is 206 Å². The summed E-state index contributed by atoms with van der Waals surface area (Å²) in [5.41, 5.74) is 0.932. The van der Waals surface area contributed by atoms with Gasteiger partial charge in [-0.2, -0.15) is 4.31 Å². The van der Waals surface area contributed by atoms with Crippen LogP contribution in [0.15, 0.2) is 77.7 Å². The third-order valence-corrected chi connectivity index (χ3v) is 8.50. The smallest absolute Gasteiger partial charge is 0.244 e. The molecule has 3 aromatic carbocycles. The van der Waals surface area contributed by atoms with Crippen molar-refractivity contribution in [3.63, 3.8) is 0 Å². The summed E-state index contributed by atoms with van der Waals surface area (Å²) in [6.45, 7) is 4.28. The van der Waals surface area contributed by atoms with Gasteiger partial charge in [0, 0.05) is 32.1 Å². The number of carbonyl (C=O) groups excluding carboxylic acids is 2. The van der Waals surface area contributed by atoms with Gasteiger partial charge in [0.1, 0.15) is 6.04 Å². The van der Waals surface area contributed by atoms with E-state index in [4.69, 9.17) is 0 Å². The summed E-state index contributed by atoms with van der Waals surface area (Å²) >= 11 is 0. The van der Waals surface area contributed by atoms with Crippen molar-refractivity contribution < 1.29 is 18.0 Å². The maximum Gasteiger partial charge on any atom is 0.244 e. The van der Waals surface area contributed by atoms with Crippen LogP contribution < -0.4 is 5.32 Å². The van der Waals surface area contributed by atoms with Crippen LogP contribution in [0.3, 0.4) is 0 Å². The minimum absolute atomic E-state index is 0.0804. The van der Waals surface area contributed by atoms with Crippen LogP contribution in [0.2, 0.25) is 0 Å². The molecule has 2 amide bonds. The lowest BCUT2D eigenvalue weighted by molar-refractivity contribution is -0.145. The molecule has 4 rings (SSSR count). The maximum absolute atomic E-state index is 13.3. The molecule has 0 bridgehead atoms. The molecule has 0 aromatic heterocycles. The fourth-order valence-corrected chi connectivity index (χ4v) is 5.78. The summed E-state index contributed by atoms with van der Waals surface area (Å²) in [6, 6.07) is 21.2. The van der Waals surface area contributed by atoms with E-state index in [1.165, 1.54) is 4.31 Å². The summed E-state index contributed by atoms with van der Waals surface area (Å²) in [4.78, 5) is 28.1. The highest BCUT2D eigenvalue weighted by Gasteiger charge is 2.40. The number of nitrogens with zero attached hydrogens (tertiary/aromatic N) is 2. The van der Waals surface area contributed by atoms with Gasteiger partial charge in [0.15, 0.2) is 0 Å². The Balaban J connectivity index is 1.54. The van der Waals surface area contributed by atoms with Crippen molar-refractivity contribution in [1.82, 2.24) is 14.5 Å². The summed E-state index contributed by atoms with van der Waals surface area (Å²) in [7, 11) is -3.78. The lowest BCUT2D eigenvalue weighted by Crippen LogP contribution is -2.62. The molecule has 7 nitrogen and oxygen atoms in total. The SMILES string of the molecule is CCC(C)C(=O)N1CCN(S(=O)(=O)c2ccccc2)CC1C(=O)NCc1ccc2ccccc2c1. The molecule has 1 saturated heterocycles. The van der Waals surface area contributed by atoms with Crippen molar-refractivity contribution in [3.8, 4) is 0 Å². The van der Waals surface area contributed by atoms with Gasteiger partial charge in [0.2, 0.25) is 21.8 Å². The molecule has 35 heavy (non-hydrogen) atoms. The van der Waals surface area contributed by atoms with E-state index in [0.717, 1.165) is 16.3 Å². The van der Waals surface area contributed by atoms with Crippen LogP contribution in [0.5, 0.6) is 0 Å². The average Bonchev–Trinajstić information content (AvgIpc) is 2.90. The van der Waals surface area contributed by atoms with Crippen molar-refractivity contribution in [2.75, 3.05) is 19.6 Å². The molecule has 1 heterocycles. The first kappa shape index (κ1) is 24.9. The van der Waals surface area contributed by atoms with Gasteiger partial charge in [-0.25, -0.2) is 8.42 Å². The standard InChI is InChI=1S/C27H31N3O4S/c1-3-20(2)27(32)30-16-15-29(35(33,34)24-11-5-4-6-12-24)19-25(30)26(31)28-18-21-13-14-22-9-7-8-10-23(22)17-21/h4-14,17,20,25H,3,15-16,18-19H2,1-2H3,(H,28,31). The van der Waals surface area contributed by atoms with E-state index in [1.807, 2.05) is 56.3 Å². The molecule has 184 valence electrons. The number of hydrogen-bond acceptors (Lipinski definition) is 4. The van der Waals surface area contributed by atoms with E-state index < -0.39 is 16.1 Å². The van der Waals surface area contributed by atoms with Crippen molar-refractivity contribution in [2.24, 2.45) is 5.92 Å². The zero-order valence-electron chi connectivity index (χ0n) is 20.1. The largest absolute Gasteiger partial charge is 0.350 e. The number of carbonyl (C=O) groups is 2. The Bertz CT molecular complexity index is 1310. The second-order valence-corrected chi connectivity index (χ2v) is 10.9. The number of sulfonamides is 1. The number of rotatable bonds is 7. The molecule has 1 fully saturated rings. The van der Waals surface area contributed by atoms with Crippen molar-refractivity contribution in [3.05, 3.63) is 78.4 Å². The third kappa shape index (κ3) is 5.39. The average molecular weight is 494 g/mol. The molecule has 1 aliphatic rings. The van der Waals surface area contributed by atoms with E-state index in [-0.39, 0.29) is 48.8 Å². The van der Waals surface area contributed by atoms with Crippen LogP contribution in [0.4, 0.5) is 0 Å². The monoisotopic (exact) mass is 493 g/mol. The quantitative estimate of drug-likeness (QED) is 0.547. The van der Waals surface area contributed by atoms with E-state index >= 15 is 0 Å². The number of benzene rings is 3. The highest BCUT2D eigenvalue weighted by atomic mass is 32.2. The first-order valence-electron chi connectivity index (χ1n) is 11.9.